The number of carbonyl (C=O) groups is 1. The normalized spacial score (nSPS) is 24.0. The van der Waals surface area contributed by atoms with E-state index < -0.39 is 5.97 Å². The van der Waals surface area contributed by atoms with Crippen molar-refractivity contribution in [3.63, 3.8) is 0 Å². The van der Waals surface area contributed by atoms with Crippen molar-refractivity contribution in [2.45, 2.75) is 51.1 Å². The molecular weight excluding hydrogens is 268 g/mol. The molecule has 0 aliphatic carbocycles. The van der Waals surface area contributed by atoms with Gasteiger partial charge in [0.2, 0.25) is 0 Å². The van der Waals surface area contributed by atoms with Crippen LogP contribution in [-0.2, 0) is 13.0 Å². The number of hydrogen-bond acceptors (Lipinski definition) is 4. The Hall–Kier alpha value is -1.40. The summed E-state index contributed by atoms with van der Waals surface area (Å²) in [6.45, 7) is 6.10. The second kappa shape index (κ2) is 5.77. The van der Waals surface area contributed by atoms with Crippen molar-refractivity contribution in [3.05, 3.63) is 17.2 Å². The number of rotatable bonds is 3. The molecule has 116 valence electrons. The van der Waals surface area contributed by atoms with Crippen LogP contribution in [-0.4, -0.2) is 51.2 Å². The summed E-state index contributed by atoms with van der Waals surface area (Å²) in [4.78, 5) is 18.4. The smallest absolute Gasteiger partial charge is 0.356 e. The maximum Gasteiger partial charge on any atom is 0.356 e. The van der Waals surface area contributed by atoms with Crippen LogP contribution in [0.3, 0.4) is 0 Å². The number of imidazole rings is 1. The van der Waals surface area contributed by atoms with E-state index in [2.05, 4.69) is 21.4 Å². The van der Waals surface area contributed by atoms with E-state index in [1.807, 2.05) is 0 Å². The SMILES string of the molecule is CCN1CCC(c2nc(C(=O)O)c3n2CC(N)CC3)CC1. The Labute approximate surface area is 124 Å². The topological polar surface area (TPSA) is 84.4 Å². The summed E-state index contributed by atoms with van der Waals surface area (Å²) in [5.74, 6) is 0.407. The number of aromatic carboxylic acids is 1. The number of piperidine rings is 1. The minimum atomic E-state index is -0.911. The van der Waals surface area contributed by atoms with Gasteiger partial charge in [0.25, 0.3) is 0 Å². The van der Waals surface area contributed by atoms with Crippen molar-refractivity contribution in [1.29, 1.82) is 0 Å². The van der Waals surface area contributed by atoms with Gasteiger partial charge in [-0.15, -0.1) is 0 Å². The Morgan fingerprint density at radius 2 is 2.10 bits per heavy atom. The maximum absolute atomic E-state index is 11.4. The molecule has 3 N–H and O–H groups in total. The van der Waals surface area contributed by atoms with E-state index in [9.17, 15) is 9.90 Å². The van der Waals surface area contributed by atoms with Crippen LogP contribution in [0, 0.1) is 0 Å². The predicted octanol–water partition coefficient (Wildman–Crippen LogP) is 1.05. The number of likely N-dealkylation sites (tertiary alicyclic amines) is 1. The van der Waals surface area contributed by atoms with Gasteiger partial charge < -0.3 is 20.3 Å². The van der Waals surface area contributed by atoms with Gasteiger partial charge in [-0.2, -0.15) is 0 Å². The van der Waals surface area contributed by atoms with Gasteiger partial charge in [-0.25, -0.2) is 9.78 Å². The van der Waals surface area contributed by atoms with Gasteiger partial charge in [-0.1, -0.05) is 6.92 Å². The number of hydrogen-bond donors (Lipinski definition) is 2. The predicted molar refractivity (Wildman–Crippen MR) is 79.6 cm³/mol. The molecule has 0 saturated carbocycles. The molecule has 6 nitrogen and oxygen atoms in total. The summed E-state index contributed by atoms with van der Waals surface area (Å²) in [6, 6.07) is 0.114. The Balaban J connectivity index is 1.90. The van der Waals surface area contributed by atoms with Gasteiger partial charge in [0.05, 0.1) is 5.69 Å². The number of nitrogens with zero attached hydrogens (tertiary/aromatic N) is 3. The van der Waals surface area contributed by atoms with Gasteiger partial charge in [0, 0.05) is 18.5 Å². The van der Waals surface area contributed by atoms with Crippen LogP contribution in [0.25, 0.3) is 0 Å². The first-order valence-corrected chi connectivity index (χ1v) is 7.90. The van der Waals surface area contributed by atoms with E-state index in [0.717, 1.165) is 56.8 Å². The quantitative estimate of drug-likeness (QED) is 0.870. The number of carboxylic acids is 1. The lowest BCUT2D eigenvalue weighted by Gasteiger charge is -2.32. The Bertz CT molecular complexity index is 532. The molecule has 1 aromatic heterocycles. The second-order valence-corrected chi connectivity index (χ2v) is 6.19. The van der Waals surface area contributed by atoms with Crippen LogP contribution < -0.4 is 5.73 Å². The molecule has 0 bridgehead atoms. The lowest BCUT2D eigenvalue weighted by atomic mass is 9.95. The monoisotopic (exact) mass is 292 g/mol. The molecule has 0 spiro atoms. The van der Waals surface area contributed by atoms with Crippen LogP contribution >= 0.6 is 0 Å². The molecule has 0 amide bonds. The average molecular weight is 292 g/mol. The van der Waals surface area contributed by atoms with Gasteiger partial charge in [0.1, 0.15) is 5.82 Å². The molecule has 0 aromatic carbocycles. The third-order valence-corrected chi connectivity index (χ3v) is 4.87. The van der Waals surface area contributed by atoms with Crippen molar-refractivity contribution >= 4 is 5.97 Å². The van der Waals surface area contributed by atoms with Gasteiger partial charge in [-0.3, -0.25) is 0 Å². The molecule has 2 aliphatic heterocycles. The minimum absolute atomic E-state index is 0.114. The first-order chi connectivity index (χ1) is 10.1. The first-order valence-electron chi connectivity index (χ1n) is 7.90. The standard InChI is InChI=1S/C15H24N4O2/c1-2-18-7-5-10(6-8-18)14-17-13(15(20)21)12-4-3-11(16)9-19(12)14/h10-11H,2-9,16H2,1H3,(H,20,21). The zero-order valence-electron chi connectivity index (χ0n) is 12.6. The Kier molecular flexibility index (Phi) is 3.99. The van der Waals surface area contributed by atoms with Crippen molar-refractivity contribution in [1.82, 2.24) is 14.5 Å². The average Bonchev–Trinajstić information content (AvgIpc) is 2.86. The Morgan fingerprint density at radius 1 is 1.38 bits per heavy atom. The molecule has 3 rings (SSSR count). The highest BCUT2D eigenvalue weighted by atomic mass is 16.4. The molecule has 0 radical (unpaired) electrons. The molecule has 1 atom stereocenters. The highest BCUT2D eigenvalue weighted by Gasteiger charge is 2.31. The van der Waals surface area contributed by atoms with Crippen molar-refractivity contribution < 1.29 is 9.90 Å². The van der Waals surface area contributed by atoms with E-state index in [1.54, 1.807) is 0 Å². The molecule has 6 heteroatoms. The summed E-state index contributed by atoms with van der Waals surface area (Å²) in [5.41, 5.74) is 7.19. The zero-order chi connectivity index (χ0) is 15.0. The number of aromatic nitrogens is 2. The third-order valence-electron chi connectivity index (χ3n) is 4.87. The fourth-order valence-electron chi connectivity index (χ4n) is 3.60. The van der Waals surface area contributed by atoms with Crippen molar-refractivity contribution in [2.24, 2.45) is 5.73 Å². The van der Waals surface area contributed by atoms with Crippen LogP contribution in [0.15, 0.2) is 0 Å². The summed E-state index contributed by atoms with van der Waals surface area (Å²) >= 11 is 0. The molecular formula is C15H24N4O2. The summed E-state index contributed by atoms with van der Waals surface area (Å²) in [7, 11) is 0. The van der Waals surface area contributed by atoms with Gasteiger partial charge in [0.15, 0.2) is 5.69 Å². The largest absolute Gasteiger partial charge is 0.476 e. The molecule has 1 saturated heterocycles. The molecule has 1 aromatic rings. The fraction of sp³-hybridized carbons (Fsp3) is 0.733. The highest BCUT2D eigenvalue weighted by molar-refractivity contribution is 5.87. The maximum atomic E-state index is 11.4. The van der Waals surface area contributed by atoms with Crippen LogP contribution in [0.1, 0.15) is 54.1 Å². The van der Waals surface area contributed by atoms with E-state index in [0.29, 0.717) is 12.5 Å². The third kappa shape index (κ3) is 2.70. The zero-order valence-corrected chi connectivity index (χ0v) is 12.6. The molecule has 21 heavy (non-hydrogen) atoms. The minimum Gasteiger partial charge on any atom is -0.476 e. The molecule has 2 aliphatic rings. The molecule has 1 fully saturated rings. The lowest BCUT2D eigenvalue weighted by Crippen LogP contribution is -2.36. The van der Waals surface area contributed by atoms with E-state index in [4.69, 9.17) is 5.73 Å². The van der Waals surface area contributed by atoms with E-state index in [1.165, 1.54) is 0 Å². The first kappa shape index (κ1) is 14.5. The Morgan fingerprint density at radius 3 is 2.71 bits per heavy atom. The summed E-state index contributed by atoms with van der Waals surface area (Å²) < 4.78 is 2.10. The lowest BCUT2D eigenvalue weighted by molar-refractivity contribution is 0.0689. The number of carboxylic acid groups (broad SMARTS) is 1. The van der Waals surface area contributed by atoms with Crippen LogP contribution in [0.5, 0.6) is 0 Å². The second-order valence-electron chi connectivity index (χ2n) is 6.19. The van der Waals surface area contributed by atoms with E-state index >= 15 is 0 Å². The van der Waals surface area contributed by atoms with Gasteiger partial charge in [-0.05, 0) is 45.3 Å². The van der Waals surface area contributed by atoms with Crippen LogP contribution in [0.4, 0.5) is 0 Å². The highest BCUT2D eigenvalue weighted by Crippen LogP contribution is 2.31. The van der Waals surface area contributed by atoms with E-state index in [-0.39, 0.29) is 11.7 Å². The van der Waals surface area contributed by atoms with Crippen molar-refractivity contribution in [3.8, 4) is 0 Å². The van der Waals surface area contributed by atoms with Crippen LogP contribution in [0.2, 0.25) is 0 Å². The molecule has 3 heterocycles. The fourth-order valence-corrected chi connectivity index (χ4v) is 3.60. The van der Waals surface area contributed by atoms with Gasteiger partial charge >= 0.3 is 5.97 Å². The molecule has 1 unspecified atom stereocenters. The number of nitrogens with two attached hydrogens (primary N) is 1. The summed E-state index contributed by atoms with van der Waals surface area (Å²) in [6.07, 6.45) is 3.68. The van der Waals surface area contributed by atoms with Crippen molar-refractivity contribution in [2.75, 3.05) is 19.6 Å². The number of fused-ring (bicyclic) bond motifs is 1. The summed E-state index contributed by atoms with van der Waals surface area (Å²) in [5, 5.41) is 9.38.